The number of nitrogens with one attached hydrogen (secondary N) is 1. The molecule has 0 saturated carbocycles. The minimum absolute atomic E-state index is 0.112. The number of hydrogen-bond donors (Lipinski definition) is 2. The van der Waals surface area contributed by atoms with Crippen LogP contribution in [0.15, 0.2) is 30.7 Å². The molecule has 2 aromatic heterocycles. The van der Waals surface area contributed by atoms with Gasteiger partial charge < -0.3 is 15.3 Å². The van der Waals surface area contributed by atoms with E-state index < -0.39 is 5.60 Å². The fraction of sp³-hybridized carbons (Fsp3) is 0.500. The molecule has 0 spiro atoms. The molecule has 0 bridgehead atoms. The van der Waals surface area contributed by atoms with Crippen LogP contribution in [0.25, 0.3) is 5.69 Å². The second kappa shape index (κ2) is 5.64. The highest BCUT2D eigenvalue weighted by molar-refractivity contribution is 5.86. The van der Waals surface area contributed by atoms with Gasteiger partial charge in [-0.3, -0.25) is 9.78 Å². The zero-order valence-electron chi connectivity index (χ0n) is 14.6. The Labute approximate surface area is 146 Å². The number of fused-ring (bicyclic) bond motifs is 1. The zero-order valence-corrected chi connectivity index (χ0v) is 14.6. The molecule has 7 nitrogen and oxygen atoms in total. The first-order valence-electron chi connectivity index (χ1n) is 8.57. The number of nitrogens with zero attached hydrogens (tertiary/aromatic N) is 4. The molecule has 2 aromatic rings. The molecule has 2 N–H and O–H groups in total. The summed E-state index contributed by atoms with van der Waals surface area (Å²) in [5.74, 6) is -0.191. The van der Waals surface area contributed by atoms with Crippen molar-refractivity contribution in [3.63, 3.8) is 0 Å². The van der Waals surface area contributed by atoms with Crippen LogP contribution in [0, 0.1) is 5.41 Å². The van der Waals surface area contributed by atoms with E-state index in [4.69, 9.17) is 0 Å². The summed E-state index contributed by atoms with van der Waals surface area (Å²) >= 11 is 0. The van der Waals surface area contributed by atoms with Crippen LogP contribution in [-0.4, -0.2) is 55.9 Å². The van der Waals surface area contributed by atoms with Crippen molar-refractivity contribution in [2.45, 2.75) is 32.4 Å². The number of β-amino-alcohol motifs (C(OH)–C–C–N with tert-alkyl or cyclic N) is 1. The third-order valence-electron chi connectivity index (χ3n) is 5.01. The average molecular weight is 341 g/mol. The van der Waals surface area contributed by atoms with Crippen LogP contribution >= 0.6 is 0 Å². The second-order valence-corrected chi connectivity index (χ2v) is 7.87. The highest BCUT2D eigenvalue weighted by Crippen LogP contribution is 2.32. The van der Waals surface area contributed by atoms with Crippen LogP contribution in [0.4, 0.5) is 0 Å². The standard InChI is InChI=1S/C18H23N5O2/c1-17(2)7-15-13(8-21-23(15)14-3-5-19-6-4-14)9-22(12-17)16(24)18(25)10-20-11-18/h3-6,8,20,25H,7,9-12H2,1-2H3. The van der Waals surface area contributed by atoms with E-state index in [0.29, 0.717) is 26.2 Å². The van der Waals surface area contributed by atoms with Crippen LogP contribution in [-0.2, 0) is 17.8 Å². The molecule has 1 fully saturated rings. The van der Waals surface area contributed by atoms with Gasteiger partial charge in [0.1, 0.15) is 0 Å². The van der Waals surface area contributed by atoms with Crippen LogP contribution in [0.3, 0.4) is 0 Å². The molecule has 7 heteroatoms. The minimum Gasteiger partial charge on any atom is -0.377 e. The lowest BCUT2D eigenvalue weighted by atomic mass is 9.87. The monoisotopic (exact) mass is 341 g/mol. The van der Waals surface area contributed by atoms with Crippen molar-refractivity contribution in [2.24, 2.45) is 5.41 Å². The maximum absolute atomic E-state index is 12.8. The summed E-state index contributed by atoms with van der Waals surface area (Å²) in [5.41, 5.74) is 1.74. The van der Waals surface area contributed by atoms with Gasteiger partial charge in [0.2, 0.25) is 0 Å². The van der Waals surface area contributed by atoms with E-state index in [1.165, 1.54) is 0 Å². The molecule has 0 radical (unpaired) electrons. The van der Waals surface area contributed by atoms with Crippen LogP contribution in [0.2, 0.25) is 0 Å². The van der Waals surface area contributed by atoms with Gasteiger partial charge in [-0.15, -0.1) is 0 Å². The molecule has 0 aromatic carbocycles. The zero-order chi connectivity index (χ0) is 17.7. The van der Waals surface area contributed by atoms with E-state index in [2.05, 4.69) is 29.2 Å². The number of pyridine rings is 1. The molecule has 4 heterocycles. The average Bonchev–Trinajstić information content (AvgIpc) is 2.87. The summed E-state index contributed by atoms with van der Waals surface area (Å²) in [5, 5.41) is 18.0. The Morgan fingerprint density at radius 1 is 1.28 bits per heavy atom. The summed E-state index contributed by atoms with van der Waals surface area (Å²) < 4.78 is 1.94. The van der Waals surface area contributed by atoms with Crippen LogP contribution < -0.4 is 5.32 Å². The smallest absolute Gasteiger partial charge is 0.257 e. The first-order chi connectivity index (χ1) is 11.9. The van der Waals surface area contributed by atoms with Crippen molar-refractivity contribution in [3.8, 4) is 5.69 Å². The normalized spacial score (nSPS) is 21.2. The van der Waals surface area contributed by atoms with E-state index in [9.17, 15) is 9.90 Å². The van der Waals surface area contributed by atoms with Crippen molar-refractivity contribution in [2.75, 3.05) is 19.6 Å². The van der Waals surface area contributed by atoms with Crippen molar-refractivity contribution >= 4 is 5.91 Å². The molecule has 4 rings (SSSR count). The van der Waals surface area contributed by atoms with Crippen molar-refractivity contribution < 1.29 is 9.90 Å². The van der Waals surface area contributed by atoms with Gasteiger partial charge in [-0.25, -0.2) is 4.68 Å². The lowest BCUT2D eigenvalue weighted by molar-refractivity contribution is -0.158. The molecular weight excluding hydrogens is 318 g/mol. The van der Waals surface area contributed by atoms with Gasteiger partial charge in [0.25, 0.3) is 5.91 Å². The highest BCUT2D eigenvalue weighted by Gasteiger charge is 2.46. The second-order valence-electron chi connectivity index (χ2n) is 7.87. The number of aromatic nitrogens is 3. The maximum atomic E-state index is 12.8. The lowest BCUT2D eigenvalue weighted by Crippen LogP contribution is -2.68. The fourth-order valence-electron chi connectivity index (χ4n) is 3.67. The number of hydrogen-bond acceptors (Lipinski definition) is 5. The number of aliphatic hydroxyl groups is 1. The van der Waals surface area contributed by atoms with E-state index in [1.807, 2.05) is 23.0 Å². The van der Waals surface area contributed by atoms with Crippen LogP contribution in [0.5, 0.6) is 0 Å². The molecule has 0 unspecified atom stereocenters. The van der Waals surface area contributed by atoms with Gasteiger partial charge in [0.05, 0.1) is 11.9 Å². The molecular formula is C18H23N5O2. The Balaban J connectivity index is 1.70. The predicted octanol–water partition coefficient (Wildman–Crippen LogP) is 0.513. The largest absolute Gasteiger partial charge is 0.377 e. The molecule has 0 aliphatic carbocycles. The van der Waals surface area contributed by atoms with Gasteiger partial charge in [0.15, 0.2) is 5.60 Å². The summed E-state index contributed by atoms with van der Waals surface area (Å²) in [6, 6.07) is 3.85. The molecule has 1 amide bonds. The SMILES string of the molecule is CC1(C)Cc2c(cnn2-c2ccncc2)CN(C(=O)C2(O)CNC2)C1. The van der Waals surface area contributed by atoms with Crippen molar-refractivity contribution in [1.29, 1.82) is 0 Å². The van der Waals surface area contributed by atoms with E-state index >= 15 is 0 Å². The first kappa shape index (κ1) is 16.2. The van der Waals surface area contributed by atoms with Gasteiger partial charge in [0, 0.05) is 49.8 Å². The third-order valence-corrected chi connectivity index (χ3v) is 5.01. The van der Waals surface area contributed by atoms with Gasteiger partial charge in [-0.05, 0) is 24.0 Å². The Hall–Kier alpha value is -2.25. The molecule has 1 saturated heterocycles. The minimum atomic E-state index is -1.26. The maximum Gasteiger partial charge on any atom is 0.257 e. The lowest BCUT2D eigenvalue weighted by Gasteiger charge is -2.41. The molecule has 2 aliphatic rings. The summed E-state index contributed by atoms with van der Waals surface area (Å²) in [7, 11) is 0. The number of amides is 1. The Kier molecular flexibility index (Phi) is 3.66. The number of rotatable bonds is 2. The summed E-state index contributed by atoms with van der Waals surface area (Å²) in [6.07, 6.45) is 6.14. The van der Waals surface area contributed by atoms with E-state index in [-0.39, 0.29) is 11.3 Å². The molecule has 132 valence electrons. The number of carbonyl (C=O) groups excluding carboxylic acids is 1. The summed E-state index contributed by atoms with van der Waals surface area (Å²) in [4.78, 5) is 18.7. The molecule has 0 atom stereocenters. The first-order valence-corrected chi connectivity index (χ1v) is 8.57. The van der Waals surface area contributed by atoms with Crippen LogP contribution in [0.1, 0.15) is 25.1 Å². The molecule has 25 heavy (non-hydrogen) atoms. The van der Waals surface area contributed by atoms with Gasteiger partial charge >= 0.3 is 0 Å². The topological polar surface area (TPSA) is 83.3 Å². The van der Waals surface area contributed by atoms with Gasteiger partial charge in [-0.1, -0.05) is 13.8 Å². The Morgan fingerprint density at radius 2 is 2.00 bits per heavy atom. The predicted molar refractivity (Wildman–Crippen MR) is 92.1 cm³/mol. The number of carbonyl (C=O) groups is 1. The fourth-order valence-corrected chi connectivity index (χ4v) is 3.67. The van der Waals surface area contributed by atoms with Gasteiger partial charge in [-0.2, -0.15) is 5.10 Å². The Bertz CT molecular complexity index is 795. The van der Waals surface area contributed by atoms with E-state index in [0.717, 1.165) is 23.4 Å². The molecule has 2 aliphatic heterocycles. The van der Waals surface area contributed by atoms with E-state index in [1.54, 1.807) is 17.3 Å². The highest BCUT2D eigenvalue weighted by atomic mass is 16.3. The quantitative estimate of drug-likeness (QED) is 0.832. The van der Waals surface area contributed by atoms with Crippen molar-refractivity contribution in [1.82, 2.24) is 25.0 Å². The summed E-state index contributed by atoms with van der Waals surface area (Å²) in [6.45, 7) is 6.03. The van der Waals surface area contributed by atoms with Crippen molar-refractivity contribution in [3.05, 3.63) is 42.0 Å². The third kappa shape index (κ3) is 2.83. The Morgan fingerprint density at radius 3 is 2.64 bits per heavy atom.